The van der Waals surface area contributed by atoms with E-state index in [0.29, 0.717) is 23.7 Å². The van der Waals surface area contributed by atoms with Gasteiger partial charge in [0.2, 0.25) is 5.91 Å². The molecule has 2 N–H and O–H groups in total. The predicted molar refractivity (Wildman–Crippen MR) is 173 cm³/mol. The summed E-state index contributed by atoms with van der Waals surface area (Å²) in [7, 11) is 1.87. The fourth-order valence-corrected chi connectivity index (χ4v) is 7.78. The van der Waals surface area contributed by atoms with E-state index in [0.717, 1.165) is 67.5 Å². The maximum Gasteiger partial charge on any atom is 0.257 e. The standard InChI is InChI=1S/C36H40FN5O3/c1-22-5-3-7-30(37)33(22)36(44)42-32-8-4-6-24(32)20-29(35(43)39-28-13-14-31-25(19-28)21-41(2)40-31)34(42)23-9-11-26(12-10-23)38-27-15-17-45-18-16-27/h3,5,7,9-14,19,21,24,27,29,32,34,38H,4,6,8,15-18,20H2,1-2H3,(H,39,43). The number of nitrogens with zero attached hydrogens (tertiary/aromatic N) is 3. The van der Waals surface area contributed by atoms with Gasteiger partial charge in [0.15, 0.2) is 0 Å². The number of piperidine rings is 1. The zero-order valence-electron chi connectivity index (χ0n) is 25.8. The number of likely N-dealkylation sites (tertiary alicyclic amines) is 1. The summed E-state index contributed by atoms with van der Waals surface area (Å²) >= 11 is 0. The Morgan fingerprint density at radius 3 is 2.53 bits per heavy atom. The van der Waals surface area contributed by atoms with Gasteiger partial charge in [-0.05, 0) is 92.5 Å². The third-order valence-electron chi connectivity index (χ3n) is 9.95. The highest BCUT2D eigenvalue weighted by Crippen LogP contribution is 2.49. The Bertz CT molecular complexity index is 1690. The topological polar surface area (TPSA) is 88.5 Å². The van der Waals surface area contributed by atoms with E-state index < -0.39 is 17.8 Å². The molecule has 3 heterocycles. The van der Waals surface area contributed by atoms with E-state index in [1.54, 1.807) is 23.7 Å². The fourth-order valence-electron chi connectivity index (χ4n) is 7.78. The van der Waals surface area contributed by atoms with Crippen molar-refractivity contribution in [2.45, 2.75) is 63.6 Å². The summed E-state index contributed by atoms with van der Waals surface area (Å²) in [4.78, 5) is 30.6. The summed E-state index contributed by atoms with van der Waals surface area (Å²) in [6, 6.07) is 18.3. The van der Waals surface area contributed by atoms with Crippen LogP contribution in [0.5, 0.6) is 0 Å². The lowest BCUT2D eigenvalue weighted by Crippen LogP contribution is -2.54. The van der Waals surface area contributed by atoms with Crippen molar-refractivity contribution in [3.8, 4) is 0 Å². The molecule has 4 aromatic rings. The van der Waals surface area contributed by atoms with Crippen LogP contribution in [0, 0.1) is 24.6 Å². The molecule has 0 spiro atoms. The first kappa shape index (κ1) is 29.5. The number of hydrogen-bond donors (Lipinski definition) is 2. The quantitative estimate of drug-likeness (QED) is 0.257. The normalized spacial score (nSPS) is 23.6. The van der Waals surface area contributed by atoms with Gasteiger partial charge in [0, 0.05) is 55.3 Å². The lowest BCUT2D eigenvalue weighted by molar-refractivity contribution is -0.125. The molecule has 2 amide bonds. The van der Waals surface area contributed by atoms with E-state index in [9.17, 15) is 9.59 Å². The lowest BCUT2D eigenvalue weighted by atomic mass is 9.76. The van der Waals surface area contributed by atoms with Crippen LogP contribution in [0.3, 0.4) is 0 Å². The number of fused-ring (bicyclic) bond motifs is 2. The molecule has 3 aromatic carbocycles. The molecule has 9 heteroatoms. The van der Waals surface area contributed by atoms with Gasteiger partial charge in [-0.2, -0.15) is 5.10 Å². The van der Waals surface area contributed by atoms with Crippen LogP contribution in [0.25, 0.3) is 10.9 Å². The second-order valence-electron chi connectivity index (χ2n) is 12.9. The molecule has 8 nitrogen and oxygen atoms in total. The van der Waals surface area contributed by atoms with E-state index in [1.807, 2.05) is 60.6 Å². The van der Waals surface area contributed by atoms with Crippen LogP contribution in [0.15, 0.2) is 66.9 Å². The van der Waals surface area contributed by atoms with Crippen LogP contribution in [0.2, 0.25) is 0 Å². The molecule has 2 saturated heterocycles. The number of halogens is 1. The molecule has 3 fully saturated rings. The molecule has 4 atom stereocenters. The highest BCUT2D eigenvalue weighted by molar-refractivity contribution is 5.99. The SMILES string of the molecule is Cc1cccc(F)c1C(=O)N1C2CCCC2CC(C(=O)Nc2ccc3nn(C)cc3c2)C1c1ccc(NC2CCOCC2)cc1. The zero-order valence-corrected chi connectivity index (χ0v) is 25.8. The second kappa shape index (κ2) is 12.3. The molecule has 3 aliphatic rings. The van der Waals surface area contributed by atoms with Gasteiger partial charge in [0.1, 0.15) is 5.82 Å². The Morgan fingerprint density at radius 2 is 1.76 bits per heavy atom. The summed E-state index contributed by atoms with van der Waals surface area (Å²) in [5.74, 6) is -1.35. The van der Waals surface area contributed by atoms with Crippen molar-refractivity contribution in [1.29, 1.82) is 0 Å². The minimum atomic E-state index is -0.546. The number of amides is 2. The van der Waals surface area contributed by atoms with Crippen molar-refractivity contribution in [2.75, 3.05) is 23.8 Å². The van der Waals surface area contributed by atoms with Crippen molar-refractivity contribution < 1.29 is 18.7 Å². The van der Waals surface area contributed by atoms with Gasteiger partial charge in [0.05, 0.1) is 23.0 Å². The van der Waals surface area contributed by atoms with Gasteiger partial charge in [0.25, 0.3) is 5.91 Å². The number of carbonyl (C=O) groups excluding carboxylic acids is 2. The molecule has 7 rings (SSSR count). The Morgan fingerprint density at radius 1 is 0.978 bits per heavy atom. The van der Waals surface area contributed by atoms with Crippen LogP contribution >= 0.6 is 0 Å². The van der Waals surface area contributed by atoms with Gasteiger partial charge in [-0.15, -0.1) is 0 Å². The minimum absolute atomic E-state index is 0.0580. The first-order valence-electron chi connectivity index (χ1n) is 16.1. The Labute approximate surface area is 262 Å². The smallest absolute Gasteiger partial charge is 0.257 e. The number of hydrogen-bond acceptors (Lipinski definition) is 5. The molecule has 234 valence electrons. The van der Waals surface area contributed by atoms with Gasteiger partial charge in [-0.3, -0.25) is 14.3 Å². The highest BCUT2D eigenvalue weighted by Gasteiger charge is 2.50. The van der Waals surface area contributed by atoms with Crippen molar-refractivity contribution >= 4 is 34.1 Å². The summed E-state index contributed by atoms with van der Waals surface area (Å²) in [6.07, 6.45) is 7.24. The molecule has 1 aromatic heterocycles. The average molecular weight is 610 g/mol. The van der Waals surface area contributed by atoms with E-state index in [2.05, 4.69) is 15.7 Å². The number of carbonyl (C=O) groups is 2. The number of rotatable bonds is 6. The van der Waals surface area contributed by atoms with Crippen LogP contribution in [-0.4, -0.2) is 51.8 Å². The molecular formula is C36H40FN5O3. The number of nitrogens with one attached hydrogen (secondary N) is 2. The number of anilines is 2. The van der Waals surface area contributed by atoms with E-state index in [-0.39, 0.29) is 29.3 Å². The summed E-state index contributed by atoms with van der Waals surface area (Å²) in [5.41, 5.74) is 4.10. The summed E-state index contributed by atoms with van der Waals surface area (Å²) < 4.78 is 22.6. The Kier molecular flexibility index (Phi) is 8.04. The van der Waals surface area contributed by atoms with Crippen LogP contribution < -0.4 is 10.6 Å². The molecule has 4 unspecified atom stereocenters. The van der Waals surface area contributed by atoms with Gasteiger partial charge >= 0.3 is 0 Å². The van der Waals surface area contributed by atoms with Crippen molar-refractivity contribution in [3.05, 3.63) is 89.4 Å². The predicted octanol–water partition coefficient (Wildman–Crippen LogP) is 6.62. The van der Waals surface area contributed by atoms with Gasteiger partial charge in [-0.25, -0.2) is 4.39 Å². The maximum atomic E-state index is 15.3. The number of aromatic nitrogens is 2. The summed E-state index contributed by atoms with van der Waals surface area (Å²) in [5, 5.41) is 12.2. The van der Waals surface area contributed by atoms with Crippen LogP contribution in [-0.2, 0) is 16.6 Å². The average Bonchev–Trinajstić information content (AvgIpc) is 3.66. The molecule has 1 saturated carbocycles. The molecular weight excluding hydrogens is 569 g/mol. The van der Waals surface area contributed by atoms with Crippen LogP contribution in [0.1, 0.15) is 66.1 Å². The highest BCUT2D eigenvalue weighted by atomic mass is 19.1. The molecule has 1 aliphatic carbocycles. The van der Waals surface area contributed by atoms with E-state index in [4.69, 9.17) is 4.74 Å². The lowest BCUT2D eigenvalue weighted by Gasteiger charge is -2.48. The minimum Gasteiger partial charge on any atom is -0.382 e. The molecule has 0 bridgehead atoms. The van der Waals surface area contributed by atoms with Gasteiger partial charge < -0.3 is 20.3 Å². The first-order valence-corrected chi connectivity index (χ1v) is 16.1. The number of ether oxygens (including phenoxy) is 1. The van der Waals surface area contributed by atoms with Gasteiger partial charge in [-0.1, -0.05) is 30.7 Å². The first-order chi connectivity index (χ1) is 21.9. The van der Waals surface area contributed by atoms with Crippen molar-refractivity contribution in [2.24, 2.45) is 18.9 Å². The molecule has 45 heavy (non-hydrogen) atoms. The largest absolute Gasteiger partial charge is 0.382 e. The monoisotopic (exact) mass is 609 g/mol. The van der Waals surface area contributed by atoms with E-state index >= 15 is 4.39 Å². The van der Waals surface area contributed by atoms with Crippen LogP contribution in [0.4, 0.5) is 15.8 Å². The number of aryl methyl sites for hydroxylation is 2. The van der Waals surface area contributed by atoms with Crippen molar-refractivity contribution in [3.63, 3.8) is 0 Å². The maximum absolute atomic E-state index is 15.3. The Balaban J connectivity index is 1.26. The third-order valence-corrected chi connectivity index (χ3v) is 9.95. The molecule has 0 radical (unpaired) electrons. The summed E-state index contributed by atoms with van der Waals surface area (Å²) in [6.45, 7) is 3.27. The van der Waals surface area contributed by atoms with E-state index in [1.165, 1.54) is 6.07 Å². The Hall–Kier alpha value is -4.24. The fraction of sp³-hybridized carbons (Fsp3) is 0.417. The third kappa shape index (κ3) is 5.81. The second-order valence-corrected chi connectivity index (χ2v) is 12.9. The number of benzene rings is 3. The van der Waals surface area contributed by atoms with Crippen molar-refractivity contribution in [1.82, 2.24) is 14.7 Å². The molecule has 2 aliphatic heterocycles. The zero-order chi connectivity index (χ0) is 31.1.